The molecule has 0 fully saturated rings. The molecular weight excluding hydrogens is 232 g/mol. The minimum absolute atomic E-state index is 0.383. The van der Waals surface area contributed by atoms with Crippen molar-refractivity contribution in [1.82, 2.24) is 14.1 Å². The number of ether oxygens (including phenoxy) is 1. The first-order valence-corrected chi connectivity index (χ1v) is 5.62. The number of methoxy groups -OCH3 is 1. The quantitative estimate of drug-likeness (QED) is 0.813. The van der Waals surface area contributed by atoms with Crippen LogP contribution >= 0.6 is 0 Å². The van der Waals surface area contributed by atoms with Crippen LogP contribution in [0.25, 0.3) is 0 Å². The number of imidazole rings is 1. The second-order valence-corrected chi connectivity index (χ2v) is 4.05. The monoisotopic (exact) mass is 248 g/mol. The number of carbonyl (C=O) groups excluding carboxylic acids is 1. The van der Waals surface area contributed by atoms with Crippen LogP contribution in [0.15, 0.2) is 24.7 Å². The summed E-state index contributed by atoms with van der Waals surface area (Å²) in [5, 5.41) is 0. The van der Waals surface area contributed by atoms with Gasteiger partial charge in [-0.1, -0.05) is 0 Å². The third kappa shape index (κ3) is 2.37. The third-order valence-electron chi connectivity index (χ3n) is 2.81. The maximum Gasteiger partial charge on any atom is 0.354 e. The molecule has 0 unspecified atom stereocenters. The first-order chi connectivity index (χ1) is 8.61. The maximum atomic E-state index is 11.6. The summed E-state index contributed by atoms with van der Waals surface area (Å²) < 4.78 is 8.45. The van der Waals surface area contributed by atoms with Crippen molar-refractivity contribution in [1.29, 1.82) is 0 Å². The Bertz CT molecular complexity index is 556. The topological polar surface area (TPSA) is 75.1 Å². The molecule has 0 amide bonds. The van der Waals surface area contributed by atoms with Crippen LogP contribution in [-0.4, -0.2) is 27.2 Å². The van der Waals surface area contributed by atoms with Gasteiger partial charge in [-0.15, -0.1) is 0 Å². The zero-order valence-corrected chi connectivity index (χ0v) is 10.5. The van der Waals surface area contributed by atoms with Gasteiger partial charge in [-0.25, -0.2) is 9.78 Å². The Kier molecular flexibility index (Phi) is 3.36. The van der Waals surface area contributed by atoms with Crippen LogP contribution in [-0.2, 0) is 24.8 Å². The highest BCUT2D eigenvalue weighted by Crippen LogP contribution is 2.12. The molecule has 0 radical (unpaired) electrons. The van der Waals surface area contributed by atoms with Crippen LogP contribution in [0.5, 0.6) is 0 Å². The van der Waals surface area contributed by atoms with Gasteiger partial charge < -0.3 is 19.6 Å². The first kappa shape index (κ1) is 12.2. The molecule has 96 valence electrons. The fourth-order valence-corrected chi connectivity index (χ4v) is 1.85. The molecule has 2 aromatic heterocycles. The standard InChI is InChI=1S/C12H16N4O2/c1-15-6-4-14-11(15)3-5-16-8-9(13)7-10(16)12(17)18-2/h4,6-8H,3,5,13H2,1-2H3. The van der Waals surface area contributed by atoms with E-state index in [9.17, 15) is 4.79 Å². The number of aromatic nitrogens is 3. The Hall–Kier alpha value is -2.24. The Morgan fingerprint density at radius 2 is 2.33 bits per heavy atom. The van der Waals surface area contributed by atoms with E-state index in [0.29, 0.717) is 17.9 Å². The zero-order chi connectivity index (χ0) is 13.1. The lowest BCUT2D eigenvalue weighted by atomic mass is 10.3. The van der Waals surface area contributed by atoms with E-state index in [1.165, 1.54) is 7.11 Å². The molecule has 0 aromatic carbocycles. The SMILES string of the molecule is COC(=O)c1cc(N)cn1CCc1nccn1C. The minimum Gasteiger partial charge on any atom is -0.464 e. The Morgan fingerprint density at radius 3 is 2.94 bits per heavy atom. The summed E-state index contributed by atoms with van der Waals surface area (Å²) in [5.74, 6) is 0.574. The van der Waals surface area contributed by atoms with Crippen LogP contribution in [0.1, 0.15) is 16.3 Å². The third-order valence-corrected chi connectivity index (χ3v) is 2.81. The summed E-state index contributed by atoms with van der Waals surface area (Å²) >= 11 is 0. The Balaban J connectivity index is 2.14. The molecule has 2 N–H and O–H groups in total. The number of aryl methyl sites for hydroxylation is 3. The molecule has 0 saturated carbocycles. The van der Waals surface area contributed by atoms with Crippen molar-refractivity contribution >= 4 is 11.7 Å². The van der Waals surface area contributed by atoms with Crippen LogP contribution in [0.3, 0.4) is 0 Å². The molecule has 2 rings (SSSR count). The second kappa shape index (κ2) is 4.95. The van der Waals surface area contributed by atoms with Crippen LogP contribution in [0.2, 0.25) is 0 Å². The number of anilines is 1. The van der Waals surface area contributed by atoms with E-state index < -0.39 is 0 Å². The molecule has 6 nitrogen and oxygen atoms in total. The molecule has 0 bridgehead atoms. The van der Waals surface area contributed by atoms with Crippen molar-refractivity contribution in [3.63, 3.8) is 0 Å². The number of hydrogen-bond acceptors (Lipinski definition) is 4. The van der Waals surface area contributed by atoms with Crippen molar-refractivity contribution in [2.75, 3.05) is 12.8 Å². The highest BCUT2D eigenvalue weighted by Gasteiger charge is 2.13. The van der Waals surface area contributed by atoms with Gasteiger partial charge in [0.1, 0.15) is 11.5 Å². The minimum atomic E-state index is -0.383. The highest BCUT2D eigenvalue weighted by atomic mass is 16.5. The van der Waals surface area contributed by atoms with Gasteiger partial charge in [0.25, 0.3) is 0 Å². The summed E-state index contributed by atoms with van der Waals surface area (Å²) in [6.07, 6.45) is 6.10. The summed E-state index contributed by atoms with van der Waals surface area (Å²) in [6.45, 7) is 0.631. The second-order valence-electron chi connectivity index (χ2n) is 4.05. The molecule has 0 aliphatic carbocycles. The normalized spacial score (nSPS) is 10.6. The number of esters is 1. The van der Waals surface area contributed by atoms with E-state index in [4.69, 9.17) is 10.5 Å². The fraction of sp³-hybridized carbons (Fsp3) is 0.333. The van der Waals surface area contributed by atoms with Crippen LogP contribution in [0.4, 0.5) is 5.69 Å². The van der Waals surface area contributed by atoms with Crippen molar-refractivity contribution < 1.29 is 9.53 Å². The van der Waals surface area contributed by atoms with Gasteiger partial charge in [0.15, 0.2) is 0 Å². The van der Waals surface area contributed by atoms with E-state index in [-0.39, 0.29) is 5.97 Å². The van der Waals surface area contributed by atoms with E-state index >= 15 is 0 Å². The van der Waals surface area contributed by atoms with E-state index in [1.54, 1.807) is 23.0 Å². The van der Waals surface area contributed by atoms with Crippen molar-refractivity contribution in [2.24, 2.45) is 7.05 Å². The van der Waals surface area contributed by atoms with Crippen LogP contribution in [0, 0.1) is 0 Å². The lowest BCUT2D eigenvalue weighted by molar-refractivity contribution is 0.0588. The number of rotatable bonds is 4. The van der Waals surface area contributed by atoms with Gasteiger partial charge in [0, 0.05) is 38.6 Å². The molecule has 0 aliphatic heterocycles. The Morgan fingerprint density at radius 1 is 1.56 bits per heavy atom. The van der Waals surface area contributed by atoms with E-state index in [2.05, 4.69) is 4.98 Å². The van der Waals surface area contributed by atoms with Crippen molar-refractivity contribution in [3.8, 4) is 0 Å². The fourth-order valence-electron chi connectivity index (χ4n) is 1.85. The van der Waals surface area contributed by atoms with Gasteiger partial charge in [0.2, 0.25) is 0 Å². The molecule has 2 heterocycles. The largest absolute Gasteiger partial charge is 0.464 e. The van der Waals surface area contributed by atoms with Gasteiger partial charge in [-0.3, -0.25) is 0 Å². The predicted molar refractivity (Wildman–Crippen MR) is 67.1 cm³/mol. The zero-order valence-electron chi connectivity index (χ0n) is 10.5. The summed E-state index contributed by atoms with van der Waals surface area (Å²) in [4.78, 5) is 15.8. The smallest absolute Gasteiger partial charge is 0.354 e. The lowest BCUT2D eigenvalue weighted by Gasteiger charge is -2.07. The van der Waals surface area contributed by atoms with Gasteiger partial charge in [-0.2, -0.15) is 0 Å². The van der Waals surface area contributed by atoms with Gasteiger partial charge in [-0.05, 0) is 6.07 Å². The summed E-state index contributed by atoms with van der Waals surface area (Å²) in [5.41, 5.74) is 6.71. The number of nitrogens with zero attached hydrogens (tertiary/aromatic N) is 3. The number of carbonyl (C=O) groups is 1. The summed E-state index contributed by atoms with van der Waals surface area (Å²) in [7, 11) is 3.29. The van der Waals surface area contributed by atoms with E-state index in [1.807, 2.05) is 17.8 Å². The van der Waals surface area contributed by atoms with Crippen LogP contribution < -0.4 is 5.73 Å². The van der Waals surface area contributed by atoms with Gasteiger partial charge in [0.05, 0.1) is 12.8 Å². The first-order valence-electron chi connectivity index (χ1n) is 5.62. The number of nitrogens with two attached hydrogens (primary N) is 1. The lowest BCUT2D eigenvalue weighted by Crippen LogP contribution is -2.12. The number of hydrogen-bond donors (Lipinski definition) is 1. The summed E-state index contributed by atoms with van der Waals surface area (Å²) in [6, 6.07) is 1.62. The van der Waals surface area contributed by atoms with E-state index in [0.717, 1.165) is 12.2 Å². The molecule has 0 saturated heterocycles. The average Bonchev–Trinajstić information content (AvgIpc) is 2.92. The molecule has 6 heteroatoms. The van der Waals surface area contributed by atoms with Crippen molar-refractivity contribution in [3.05, 3.63) is 36.2 Å². The predicted octanol–water partition coefficient (Wildman–Crippen LogP) is 0.833. The molecule has 0 aliphatic rings. The average molecular weight is 248 g/mol. The van der Waals surface area contributed by atoms with Gasteiger partial charge >= 0.3 is 5.97 Å². The Labute approximate surface area is 105 Å². The maximum absolute atomic E-state index is 11.6. The molecule has 18 heavy (non-hydrogen) atoms. The molecular formula is C12H16N4O2. The molecule has 2 aromatic rings. The van der Waals surface area contributed by atoms with Crippen molar-refractivity contribution in [2.45, 2.75) is 13.0 Å². The number of nitrogen functional groups attached to an aromatic ring is 1. The molecule has 0 spiro atoms. The highest BCUT2D eigenvalue weighted by molar-refractivity contribution is 5.88. The molecule has 0 atom stereocenters.